The van der Waals surface area contributed by atoms with Crippen LogP contribution in [0.25, 0.3) is 0 Å². The van der Waals surface area contributed by atoms with Crippen LogP contribution >= 0.6 is 0 Å². The molecule has 0 radical (unpaired) electrons. The molecule has 1 amide bonds. The molecule has 1 fully saturated rings. The maximum absolute atomic E-state index is 12.6. The van der Waals surface area contributed by atoms with E-state index in [0.717, 1.165) is 31.5 Å². The van der Waals surface area contributed by atoms with Crippen LogP contribution in [0.2, 0.25) is 0 Å². The predicted octanol–water partition coefficient (Wildman–Crippen LogP) is 1.63. The van der Waals surface area contributed by atoms with Crippen molar-refractivity contribution in [2.24, 2.45) is 0 Å². The Morgan fingerprint density at radius 2 is 1.85 bits per heavy atom. The van der Waals surface area contributed by atoms with Gasteiger partial charge >= 0.3 is 0 Å². The largest absolute Gasteiger partial charge is 0.329 e. The Morgan fingerprint density at radius 1 is 1.05 bits per heavy atom. The second kappa shape index (κ2) is 5.73. The minimum Gasteiger partial charge on any atom is -0.329 e. The van der Waals surface area contributed by atoms with E-state index in [1.807, 2.05) is 4.90 Å². The van der Waals surface area contributed by atoms with E-state index in [4.69, 9.17) is 0 Å². The molecule has 0 aromatic carbocycles. The van der Waals surface area contributed by atoms with Gasteiger partial charge < -0.3 is 4.90 Å². The first-order chi connectivity index (χ1) is 9.86. The van der Waals surface area contributed by atoms with Crippen molar-refractivity contribution in [3.8, 4) is 0 Å². The summed E-state index contributed by atoms with van der Waals surface area (Å²) in [5.41, 5.74) is 1.22. The number of hydrogen-bond acceptors (Lipinski definition) is 5. The molecular formula is C14H15N5O. The van der Waals surface area contributed by atoms with Crippen molar-refractivity contribution in [1.82, 2.24) is 24.8 Å². The lowest BCUT2D eigenvalue weighted by Gasteiger charge is -2.34. The summed E-state index contributed by atoms with van der Waals surface area (Å²) in [5.74, 6) is -0.0894. The van der Waals surface area contributed by atoms with E-state index in [1.54, 1.807) is 24.8 Å². The van der Waals surface area contributed by atoms with Crippen LogP contribution in [-0.4, -0.2) is 37.3 Å². The van der Waals surface area contributed by atoms with Crippen molar-refractivity contribution < 1.29 is 4.79 Å². The number of carbonyl (C=O) groups excluding carboxylic acids is 1. The van der Waals surface area contributed by atoms with E-state index in [2.05, 4.69) is 19.9 Å². The highest BCUT2D eigenvalue weighted by atomic mass is 16.2. The standard InChI is InChI=1S/C14H15N5O/c20-14(12-10-16-5-7-18-12)19-8-2-1-3-13(19)11-9-15-4-6-17-11/h4-7,9-10,13H,1-3,8H2/t13-/m0/s1. The van der Waals surface area contributed by atoms with Gasteiger partial charge in [0.15, 0.2) is 0 Å². The molecule has 6 nitrogen and oxygen atoms in total. The maximum atomic E-state index is 12.6. The van der Waals surface area contributed by atoms with Crippen LogP contribution in [0.1, 0.15) is 41.5 Å². The van der Waals surface area contributed by atoms with E-state index in [1.165, 1.54) is 12.4 Å². The van der Waals surface area contributed by atoms with E-state index in [9.17, 15) is 4.79 Å². The summed E-state index contributed by atoms with van der Waals surface area (Å²) in [6.45, 7) is 0.719. The van der Waals surface area contributed by atoms with E-state index in [-0.39, 0.29) is 11.9 Å². The molecule has 0 saturated carbocycles. The van der Waals surface area contributed by atoms with Crippen LogP contribution in [0.4, 0.5) is 0 Å². The minimum atomic E-state index is -0.0894. The van der Waals surface area contributed by atoms with Gasteiger partial charge in [-0.25, -0.2) is 4.98 Å². The van der Waals surface area contributed by atoms with Gasteiger partial charge in [-0.2, -0.15) is 0 Å². The molecule has 0 unspecified atom stereocenters. The number of hydrogen-bond donors (Lipinski definition) is 0. The molecule has 6 heteroatoms. The van der Waals surface area contributed by atoms with E-state index in [0.29, 0.717) is 5.69 Å². The highest BCUT2D eigenvalue weighted by Gasteiger charge is 2.30. The Labute approximate surface area is 116 Å². The average molecular weight is 269 g/mol. The van der Waals surface area contributed by atoms with Gasteiger partial charge in [-0.1, -0.05) is 0 Å². The number of likely N-dealkylation sites (tertiary alicyclic amines) is 1. The number of carbonyl (C=O) groups is 1. The fourth-order valence-corrected chi connectivity index (χ4v) is 2.52. The number of piperidine rings is 1. The lowest BCUT2D eigenvalue weighted by Crippen LogP contribution is -2.39. The predicted molar refractivity (Wildman–Crippen MR) is 71.7 cm³/mol. The molecular weight excluding hydrogens is 254 g/mol. The fraction of sp³-hybridized carbons (Fsp3) is 0.357. The molecule has 3 heterocycles. The van der Waals surface area contributed by atoms with Crippen LogP contribution < -0.4 is 0 Å². The van der Waals surface area contributed by atoms with Gasteiger partial charge in [0.25, 0.3) is 5.91 Å². The second-order valence-electron chi connectivity index (χ2n) is 4.73. The average Bonchev–Trinajstić information content (AvgIpc) is 2.56. The Kier molecular flexibility index (Phi) is 3.62. The molecule has 3 rings (SSSR count). The molecule has 1 saturated heterocycles. The van der Waals surface area contributed by atoms with Crippen molar-refractivity contribution in [2.75, 3.05) is 6.54 Å². The lowest BCUT2D eigenvalue weighted by atomic mass is 9.99. The zero-order valence-electron chi connectivity index (χ0n) is 11.0. The third kappa shape index (κ3) is 2.49. The van der Waals surface area contributed by atoms with Gasteiger partial charge in [-0.15, -0.1) is 0 Å². The minimum absolute atomic E-state index is 0.0213. The van der Waals surface area contributed by atoms with Crippen LogP contribution in [0, 0.1) is 0 Å². The van der Waals surface area contributed by atoms with Gasteiger partial charge in [0.2, 0.25) is 0 Å². The van der Waals surface area contributed by atoms with Crippen LogP contribution in [0.15, 0.2) is 37.2 Å². The van der Waals surface area contributed by atoms with Crippen LogP contribution in [0.5, 0.6) is 0 Å². The third-order valence-corrected chi connectivity index (χ3v) is 3.47. The number of aromatic nitrogens is 4. The molecule has 102 valence electrons. The summed E-state index contributed by atoms with van der Waals surface area (Å²) in [6.07, 6.45) is 12.6. The summed E-state index contributed by atoms with van der Waals surface area (Å²) in [6, 6.07) is -0.0213. The summed E-state index contributed by atoms with van der Waals surface area (Å²) < 4.78 is 0. The Balaban J connectivity index is 1.88. The molecule has 20 heavy (non-hydrogen) atoms. The summed E-state index contributed by atoms with van der Waals surface area (Å²) in [7, 11) is 0. The van der Waals surface area contributed by atoms with Gasteiger partial charge in [0.05, 0.1) is 24.1 Å². The maximum Gasteiger partial charge on any atom is 0.274 e. The first-order valence-electron chi connectivity index (χ1n) is 6.69. The summed E-state index contributed by atoms with van der Waals surface area (Å²) in [4.78, 5) is 30.9. The van der Waals surface area contributed by atoms with Crippen molar-refractivity contribution in [1.29, 1.82) is 0 Å². The number of amides is 1. The Bertz CT molecular complexity index is 575. The fourth-order valence-electron chi connectivity index (χ4n) is 2.52. The molecule has 0 aliphatic carbocycles. The number of nitrogens with zero attached hydrogens (tertiary/aromatic N) is 5. The molecule has 0 N–H and O–H groups in total. The summed E-state index contributed by atoms with van der Waals surface area (Å²) >= 11 is 0. The van der Waals surface area contributed by atoms with Crippen molar-refractivity contribution in [3.05, 3.63) is 48.6 Å². The molecule has 1 atom stereocenters. The third-order valence-electron chi connectivity index (χ3n) is 3.47. The lowest BCUT2D eigenvalue weighted by molar-refractivity contribution is 0.0599. The second-order valence-corrected chi connectivity index (χ2v) is 4.73. The van der Waals surface area contributed by atoms with Crippen molar-refractivity contribution >= 4 is 5.91 Å². The molecule has 2 aromatic heterocycles. The Hall–Kier alpha value is -2.37. The molecule has 0 bridgehead atoms. The summed E-state index contributed by atoms with van der Waals surface area (Å²) in [5, 5.41) is 0. The molecule has 1 aliphatic heterocycles. The zero-order chi connectivity index (χ0) is 13.8. The highest BCUT2D eigenvalue weighted by Crippen LogP contribution is 2.30. The van der Waals surface area contributed by atoms with Crippen molar-refractivity contribution in [3.63, 3.8) is 0 Å². The smallest absolute Gasteiger partial charge is 0.274 e. The highest BCUT2D eigenvalue weighted by molar-refractivity contribution is 5.92. The zero-order valence-corrected chi connectivity index (χ0v) is 11.0. The monoisotopic (exact) mass is 269 g/mol. The molecule has 1 aliphatic rings. The van der Waals surface area contributed by atoms with Gasteiger partial charge in [0, 0.05) is 31.3 Å². The van der Waals surface area contributed by atoms with Gasteiger partial charge in [-0.05, 0) is 19.3 Å². The van der Waals surface area contributed by atoms with E-state index < -0.39 is 0 Å². The number of rotatable bonds is 2. The molecule has 0 spiro atoms. The van der Waals surface area contributed by atoms with Crippen LogP contribution in [-0.2, 0) is 0 Å². The first kappa shape index (κ1) is 12.7. The topological polar surface area (TPSA) is 71.9 Å². The van der Waals surface area contributed by atoms with Gasteiger partial charge in [-0.3, -0.25) is 19.7 Å². The van der Waals surface area contributed by atoms with Gasteiger partial charge in [0.1, 0.15) is 5.69 Å². The normalized spacial score (nSPS) is 18.8. The van der Waals surface area contributed by atoms with E-state index >= 15 is 0 Å². The molecule has 2 aromatic rings. The quantitative estimate of drug-likeness (QED) is 0.828. The Morgan fingerprint density at radius 3 is 2.55 bits per heavy atom. The first-order valence-corrected chi connectivity index (χ1v) is 6.69. The SMILES string of the molecule is O=C(c1cnccn1)N1CCCC[C@H]1c1cnccn1. The van der Waals surface area contributed by atoms with Crippen LogP contribution in [0.3, 0.4) is 0 Å². The van der Waals surface area contributed by atoms with Crippen molar-refractivity contribution in [2.45, 2.75) is 25.3 Å².